The molecule has 3 aromatic rings. The van der Waals surface area contributed by atoms with Crippen LogP contribution in [0.3, 0.4) is 0 Å². The van der Waals surface area contributed by atoms with Gasteiger partial charge in [-0.2, -0.15) is 15.0 Å². The van der Waals surface area contributed by atoms with Crippen LogP contribution in [0.15, 0.2) is 18.3 Å². The molecule has 0 bridgehead atoms. The van der Waals surface area contributed by atoms with Gasteiger partial charge in [0, 0.05) is 16.6 Å². The van der Waals surface area contributed by atoms with Crippen molar-refractivity contribution in [2.24, 2.45) is 0 Å². The summed E-state index contributed by atoms with van der Waals surface area (Å²) in [4.78, 5) is 8.87. The second-order valence-electron chi connectivity index (χ2n) is 4.67. The third-order valence-electron chi connectivity index (χ3n) is 3.25. The maximum atomic E-state index is 8.97. The Morgan fingerprint density at radius 2 is 2.05 bits per heavy atom. The number of halogens is 1. The van der Waals surface area contributed by atoms with E-state index in [1.165, 1.54) is 10.9 Å². The molecule has 0 aromatic carbocycles. The Hall–Kier alpha value is -2.65. The number of hydrogen-bond acceptors (Lipinski definition) is 5. The molecule has 2 N–H and O–H groups in total. The van der Waals surface area contributed by atoms with Gasteiger partial charge < -0.3 is 5.73 Å². The van der Waals surface area contributed by atoms with E-state index in [0.29, 0.717) is 22.1 Å². The number of nitrogens with two attached hydrogens (primary N) is 1. The average molecular weight is 299 g/mol. The maximum Gasteiger partial charge on any atom is 0.163 e. The molecule has 3 heterocycles. The van der Waals surface area contributed by atoms with E-state index in [2.05, 4.69) is 15.1 Å². The highest BCUT2D eigenvalue weighted by atomic mass is 35.5. The van der Waals surface area contributed by atoms with E-state index >= 15 is 0 Å². The summed E-state index contributed by atoms with van der Waals surface area (Å²) < 4.78 is 1.41. The SMILES string of the molecule is Cc1ccc2c(Cl)c(C)c(-n3ncc(C#N)c3N)nc2n1. The van der Waals surface area contributed by atoms with Crippen LogP contribution in [0.4, 0.5) is 5.82 Å². The lowest BCUT2D eigenvalue weighted by Gasteiger charge is -2.11. The van der Waals surface area contributed by atoms with Crippen LogP contribution >= 0.6 is 11.6 Å². The van der Waals surface area contributed by atoms with Crippen LogP contribution in [0.2, 0.25) is 5.02 Å². The zero-order valence-corrected chi connectivity index (χ0v) is 12.2. The molecule has 0 aliphatic rings. The normalized spacial score (nSPS) is 10.8. The summed E-state index contributed by atoms with van der Waals surface area (Å²) in [5.41, 5.74) is 8.30. The monoisotopic (exact) mass is 298 g/mol. The largest absolute Gasteiger partial charge is 0.382 e. The summed E-state index contributed by atoms with van der Waals surface area (Å²) >= 11 is 6.40. The van der Waals surface area contributed by atoms with Gasteiger partial charge in [-0.05, 0) is 26.0 Å². The van der Waals surface area contributed by atoms with Crippen molar-refractivity contribution < 1.29 is 0 Å². The summed E-state index contributed by atoms with van der Waals surface area (Å²) in [6.45, 7) is 3.71. The number of hydrogen-bond donors (Lipinski definition) is 1. The molecule has 0 fully saturated rings. The van der Waals surface area contributed by atoms with Crippen molar-refractivity contribution >= 4 is 28.5 Å². The first-order valence-electron chi connectivity index (χ1n) is 6.20. The lowest BCUT2D eigenvalue weighted by molar-refractivity contribution is 0.852. The summed E-state index contributed by atoms with van der Waals surface area (Å²) in [6.07, 6.45) is 1.40. The van der Waals surface area contributed by atoms with Gasteiger partial charge in [0.2, 0.25) is 0 Å². The zero-order valence-electron chi connectivity index (χ0n) is 11.4. The second-order valence-corrected chi connectivity index (χ2v) is 5.04. The molecule has 3 rings (SSSR count). The van der Waals surface area contributed by atoms with Crippen LogP contribution in [-0.4, -0.2) is 19.7 Å². The molecule has 104 valence electrons. The molecule has 0 spiro atoms. The standard InChI is InChI=1S/C14H11ClN6/c1-7-3-4-10-11(15)8(2)14(20-13(10)19-7)21-12(17)9(5-16)6-18-21/h3-4,6H,17H2,1-2H3. The number of anilines is 1. The van der Waals surface area contributed by atoms with E-state index in [0.717, 1.165) is 16.6 Å². The average Bonchev–Trinajstić information content (AvgIpc) is 2.83. The van der Waals surface area contributed by atoms with Crippen molar-refractivity contribution in [2.45, 2.75) is 13.8 Å². The number of nitriles is 1. The molecule has 7 heteroatoms. The molecule has 0 radical (unpaired) electrons. The molecule has 0 saturated heterocycles. The van der Waals surface area contributed by atoms with Gasteiger partial charge >= 0.3 is 0 Å². The third kappa shape index (κ3) is 1.99. The summed E-state index contributed by atoms with van der Waals surface area (Å²) in [5.74, 6) is 0.709. The Morgan fingerprint density at radius 1 is 1.29 bits per heavy atom. The van der Waals surface area contributed by atoms with Gasteiger partial charge in [0.05, 0.1) is 11.2 Å². The molecule has 6 nitrogen and oxygen atoms in total. The topological polar surface area (TPSA) is 93.4 Å². The predicted molar refractivity (Wildman–Crippen MR) is 80.3 cm³/mol. The number of fused-ring (bicyclic) bond motifs is 1. The number of pyridine rings is 2. The lowest BCUT2D eigenvalue weighted by Crippen LogP contribution is -2.08. The van der Waals surface area contributed by atoms with Crippen molar-refractivity contribution in [3.8, 4) is 11.9 Å². The van der Waals surface area contributed by atoms with Gasteiger partial charge in [-0.3, -0.25) is 0 Å². The number of rotatable bonds is 1. The minimum Gasteiger partial charge on any atom is -0.382 e. The first kappa shape index (κ1) is 13.3. The number of nitrogen functional groups attached to an aromatic ring is 1. The highest BCUT2D eigenvalue weighted by Crippen LogP contribution is 2.29. The summed E-state index contributed by atoms with van der Waals surface area (Å²) in [6, 6.07) is 5.75. The van der Waals surface area contributed by atoms with Crippen LogP contribution in [0.5, 0.6) is 0 Å². The second kappa shape index (κ2) is 4.72. The zero-order chi connectivity index (χ0) is 15.1. The first-order valence-corrected chi connectivity index (χ1v) is 6.58. The van der Waals surface area contributed by atoms with Crippen molar-refractivity contribution in [1.29, 1.82) is 5.26 Å². The Kier molecular flexibility index (Phi) is 3.00. The molecule has 0 atom stereocenters. The van der Waals surface area contributed by atoms with E-state index in [4.69, 9.17) is 22.6 Å². The molecular formula is C14H11ClN6. The molecule has 0 saturated carbocycles. The Bertz CT molecular complexity index is 906. The van der Waals surface area contributed by atoms with Gasteiger partial charge in [0.25, 0.3) is 0 Å². The summed E-state index contributed by atoms with van der Waals surface area (Å²) in [5, 5.41) is 14.4. The molecule has 0 unspecified atom stereocenters. The number of nitrogens with zero attached hydrogens (tertiary/aromatic N) is 5. The van der Waals surface area contributed by atoms with Crippen LogP contribution in [0.1, 0.15) is 16.8 Å². The number of aromatic nitrogens is 4. The molecule has 0 aliphatic carbocycles. The van der Waals surface area contributed by atoms with E-state index < -0.39 is 0 Å². The smallest absolute Gasteiger partial charge is 0.163 e. The Labute approximate surface area is 125 Å². The fraction of sp³-hybridized carbons (Fsp3) is 0.143. The lowest BCUT2D eigenvalue weighted by atomic mass is 10.2. The minimum absolute atomic E-state index is 0.233. The fourth-order valence-electron chi connectivity index (χ4n) is 2.10. The van der Waals surface area contributed by atoms with Crippen molar-refractivity contribution in [3.05, 3.63) is 40.2 Å². The van der Waals surface area contributed by atoms with E-state index in [1.807, 2.05) is 32.0 Å². The van der Waals surface area contributed by atoms with Gasteiger partial charge in [0.15, 0.2) is 11.5 Å². The predicted octanol–water partition coefficient (Wildman–Crippen LogP) is 2.54. The fourth-order valence-corrected chi connectivity index (χ4v) is 2.33. The third-order valence-corrected chi connectivity index (χ3v) is 3.74. The minimum atomic E-state index is 0.233. The molecule has 0 amide bonds. The molecule has 0 aliphatic heterocycles. The summed E-state index contributed by atoms with van der Waals surface area (Å²) in [7, 11) is 0. The van der Waals surface area contributed by atoms with Crippen LogP contribution in [-0.2, 0) is 0 Å². The molecule has 21 heavy (non-hydrogen) atoms. The van der Waals surface area contributed by atoms with E-state index in [1.54, 1.807) is 0 Å². The van der Waals surface area contributed by atoms with Crippen LogP contribution < -0.4 is 5.73 Å². The Morgan fingerprint density at radius 3 is 2.71 bits per heavy atom. The van der Waals surface area contributed by atoms with Crippen molar-refractivity contribution in [2.75, 3.05) is 5.73 Å². The van der Waals surface area contributed by atoms with Crippen molar-refractivity contribution in [1.82, 2.24) is 19.7 Å². The molecular weight excluding hydrogens is 288 g/mol. The van der Waals surface area contributed by atoms with Gasteiger partial charge in [-0.25, -0.2) is 9.97 Å². The van der Waals surface area contributed by atoms with Crippen LogP contribution in [0, 0.1) is 25.2 Å². The molecule has 3 aromatic heterocycles. The van der Waals surface area contributed by atoms with Crippen LogP contribution in [0.25, 0.3) is 16.9 Å². The van der Waals surface area contributed by atoms with Gasteiger partial charge in [0.1, 0.15) is 17.5 Å². The van der Waals surface area contributed by atoms with Crippen molar-refractivity contribution in [3.63, 3.8) is 0 Å². The first-order chi connectivity index (χ1) is 10.0. The highest BCUT2D eigenvalue weighted by molar-refractivity contribution is 6.36. The van der Waals surface area contributed by atoms with Gasteiger partial charge in [-0.1, -0.05) is 11.6 Å². The van der Waals surface area contributed by atoms with Gasteiger partial charge in [-0.15, -0.1) is 0 Å². The number of aryl methyl sites for hydroxylation is 1. The van der Waals surface area contributed by atoms with E-state index in [-0.39, 0.29) is 5.82 Å². The maximum absolute atomic E-state index is 8.97. The highest BCUT2D eigenvalue weighted by Gasteiger charge is 2.16. The Balaban J connectivity index is 2.35. The van der Waals surface area contributed by atoms with E-state index in [9.17, 15) is 0 Å². The quantitative estimate of drug-likeness (QED) is 0.745.